The Morgan fingerprint density at radius 1 is 0.870 bits per heavy atom. The first-order valence-electron chi connectivity index (χ1n) is 8.11. The number of aryl methyl sites for hydroxylation is 3. The third-order valence-corrected chi connectivity index (χ3v) is 4.04. The molecule has 0 atom stereocenters. The van der Waals surface area contributed by atoms with E-state index in [0.29, 0.717) is 0 Å². The summed E-state index contributed by atoms with van der Waals surface area (Å²) >= 11 is 0. The molecular formula is C20H25N3. The lowest BCUT2D eigenvalue weighted by Crippen LogP contribution is -2.28. The van der Waals surface area contributed by atoms with E-state index in [9.17, 15) is 0 Å². The zero-order chi connectivity index (χ0) is 16.8. The van der Waals surface area contributed by atoms with Gasteiger partial charge >= 0.3 is 0 Å². The van der Waals surface area contributed by atoms with Crippen LogP contribution in [0.4, 0.5) is 5.95 Å². The summed E-state index contributed by atoms with van der Waals surface area (Å²) in [5, 5.41) is 3.57. The Hall–Kier alpha value is -2.29. The fourth-order valence-electron chi connectivity index (χ4n) is 3.04. The summed E-state index contributed by atoms with van der Waals surface area (Å²) in [6, 6.07) is 12.8. The maximum atomic E-state index is 4.91. The first-order valence-corrected chi connectivity index (χ1v) is 8.11. The summed E-state index contributed by atoms with van der Waals surface area (Å²) in [4.78, 5) is 4.91. The van der Waals surface area contributed by atoms with E-state index in [0.717, 1.165) is 17.0 Å². The number of anilines is 1. The molecule has 0 radical (unpaired) electrons. The van der Waals surface area contributed by atoms with E-state index in [1.807, 2.05) is 0 Å². The Morgan fingerprint density at radius 3 is 2.04 bits per heavy atom. The monoisotopic (exact) mass is 307 g/mol. The minimum absolute atomic E-state index is 0.0520. The van der Waals surface area contributed by atoms with Crippen molar-refractivity contribution in [2.75, 3.05) is 5.32 Å². The van der Waals surface area contributed by atoms with Crippen molar-refractivity contribution in [2.24, 2.45) is 0 Å². The van der Waals surface area contributed by atoms with Gasteiger partial charge in [0.25, 0.3) is 0 Å². The molecule has 23 heavy (non-hydrogen) atoms. The maximum absolute atomic E-state index is 4.91. The number of nitrogens with zero attached hydrogens (tertiary/aromatic N) is 2. The van der Waals surface area contributed by atoms with Crippen molar-refractivity contribution in [1.82, 2.24) is 9.55 Å². The van der Waals surface area contributed by atoms with Gasteiger partial charge in [-0.2, -0.15) is 0 Å². The van der Waals surface area contributed by atoms with E-state index in [-0.39, 0.29) is 5.54 Å². The average Bonchev–Trinajstić information content (AvgIpc) is 2.77. The summed E-state index contributed by atoms with van der Waals surface area (Å²) < 4.78 is 2.26. The van der Waals surface area contributed by atoms with Crippen molar-refractivity contribution < 1.29 is 0 Å². The molecule has 0 aliphatic carbocycles. The van der Waals surface area contributed by atoms with Gasteiger partial charge in [0.15, 0.2) is 0 Å². The molecule has 0 saturated carbocycles. The number of aromatic nitrogens is 2. The number of rotatable bonds is 2. The molecule has 1 heterocycles. The molecule has 1 aromatic heterocycles. The zero-order valence-electron chi connectivity index (χ0n) is 14.9. The number of hydrogen-bond acceptors (Lipinski definition) is 2. The number of hydrogen-bond donors (Lipinski definition) is 1. The number of benzene rings is 2. The summed E-state index contributed by atoms with van der Waals surface area (Å²) in [6.45, 7) is 12.9. The summed E-state index contributed by atoms with van der Waals surface area (Å²) in [6.07, 6.45) is 0. The van der Waals surface area contributed by atoms with Crippen LogP contribution in [0.1, 0.15) is 37.5 Å². The molecule has 0 bridgehead atoms. The molecule has 3 nitrogen and oxygen atoms in total. The van der Waals surface area contributed by atoms with Crippen molar-refractivity contribution >= 4 is 17.0 Å². The van der Waals surface area contributed by atoms with Gasteiger partial charge in [0.2, 0.25) is 5.95 Å². The van der Waals surface area contributed by atoms with Gasteiger partial charge < -0.3 is 5.32 Å². The van der Waals surface area contributed by atoms with Gasteiger partial charge in [0.1, 0.15) is 0 Å². The predicted molar refractivity (Wildman–Crippen MR) is 98.7 cm³/mol. The van der Waals surface area contributed by atoms with Gasteiger partial charge in [-0.1, -0.05) is 30.3 Å². The predicted octanol–water partition coefficient (Wildman–Crippen LogP) is 5.16. The molecule has 0 aliphatic heterocycles. The van der Waals surface area contributed by atoms with Crippen molar-refractivity contribution in [3.8, 4) is 5.69 Å². The van der Waals surface area contributed by atoms with E-state index >= 15 is 0 Å². The molecule has 0 aliphatic rings. The van der Waals surface area contributed by atoms with Gasteiger partial charge in [-0.3, -0.25) is 4.57 Å². The van der Waals surface area contributed by atoms with Gasteiger partial charge in [0.05, 0.1) is 16.7 Å². The van der Waals surface area contributed by atoms with Crippen LogP contribution in [0.15, 0.2) is 36.4 Å². The first-order chi connectivity index (χ1) is 10.8. The number of fused-ring (bicyclic) bond motifs is 1. The van der Waals surface area contributed by atoms with Gasteiger partial charge in [-0.25, -0.2) is 4.98 Å². The fraction of sp³-hybridized carbons (Fsp3) is 0.350. The summed E-state index contributed by atoms with van der Waals surface area (Å²) in [7, 11) is 0. The quantitative estimate of drug-likeness (QED) is 0.708. The van der Waals surface area contributed by atoms with Crippen LogP contribution < -0.4 is 5.32 Å². The van der Waals surface area contributed by atoms with Gasteiger partial charge in [0, 0.05) is 5.54 Å². The second-order valence-corrected chi connectivity index (χ2v) is 7.33. The van der Waals surface area contributed by atoms with E-state index in [2.05, 4.69) is 87.8 Å². The molecule has 120 valence electrons. The van der Waals surface area contributed by atoms with E-state index in [1.54, 1.807) is 0 Å². The Morgan fingerprint density at radius 2 is 1.43 bits per heavy atom. The van der Waals surface area contributed by atoms with Crippen LogP contribution in [-0.2, 0) is 0 Å². The summed E-state index contributed by atoms with van der Waals surface area (Å²) in [5.41, 5.74) is 7.07. The normalized spacial score (nSPS) is 11.9. The first kappa shape index (κ1) is 15.6. The highest BCUT2D eigenvalue weighted by Gasteiger charge is 2.20. The largest absolute Gasteiger partial charge is 0.351 e. The van der Waals surface area contributed by atoms with Crippen molar-refractivity contribution in [3.63, 3.8) is 0 Å². The number of para-hydroxylation sites is 2. The SMILES string of the molecule is Cc1cccc(C)c1-n1c(NC(C)(C)C)nc2c(C)cccc21. The fourth-order valence-corrected chi connectivity index (χ4v) is 3.04. The lowest BCUT2D eigenvalue weighted by atomic mass is 10.1. The molecule has 3 rings (SSSR count). The smallest absolute Gasteiger partial charge is 0.209 e. The minimum atomic E-state index is -0.0520. The van der Waals surface area contributed by atoms with Crippen LogP contribution in [-0.4, -0.2) is 15.1 Å². The molecule has 0 saturated heterocycles. The molecule has 3 heteroatoms. The molecule has 2 aromatic carbocycles. The molecule has 0 fully saturated rings. The topological polar surface area (TPSA) is 29.9 Å². The summed E-state index contributed by atoms with van der Waals surface area (Å²) in [5.74, 6) is 0.902. The van der Waals surface area contributed by atoms with Crippen molar-refractivity contribution in [2.45, 2.75) is 47.1 Å². The van der Waals surface area contributed by atoms with Gasteiger partial charge in [-0.15, -0.1) is 0 Å². The second-order valence-electron chi connectivity index (χ2n) is 7.33. The Bertz CT molecular complexity index is 846. The maximum Gasteiger partial charge on any atom is 0.209 e. The Labute approximate surface area is 138 Å². The Balaban J connectivity index is 2.37. The highest BCUT2D eigenvalue weighted by molar-refractivity contribution is 5.84. The minimum Gasteiger partial charge on any atom is -0.351 e. The molecule has 0 amide bonds. The van der Waals surface area contributed by atoms with E-state index < -0.39 is 0 Å². The highest BCUT2D eigenvalue weighted by Crippen LogP contribution is 2.31. The lowest BCUT2D eigenvalue weighted by Gasteiger charge is -2.23. The van der Waals surface area contributed by atoms with Crippen LogP contribution in [0.2, 0.25) is 0 Å². The van der Waals surface area contributed by atoms with Crippen LogP contribution in [0.5, 0.6) is 0 Å². The molecular weight excluding hydrogens is 282 g/mol. The molecule has 0 unspecified atom stereocenters. The highest BCUT2D eigenvalue weighted by atomic mass is 15.2. The van der Waals surface area contributed by atoms with Crippen molar-refractivity contribution in [1.29, 1.82) is 0 Å². The average molecular weight is 307 g/mol. The van der Waals surface area contributed by atoms with Crippen LogP contribution in [0, 0.1) is 20.8 Å². The van der Waals surface area contributed by atoms with Crippen molar-refractivity contribution in [3.05, 3.63) is 53.1 Å². The zero-order valence-corrected chi connectivity index (χ0v) is 14.9. The van der Waals surface area contributed by atoms with Crippen LogP contribution >= 0.6 is 0 Å². The number of nitrogens with one attached hydrogen (secondary N) is 1. The Kier molecular flexibility index (Phi) is 3.67. The van der Waals surface area contributed by atoms with E-state index in [4.69, 9.17) is 4.98 Å². The van der Waals surface area contributed by atoms with Crippen LogP contribution in [0.3, 0.4) is 0 Å². The van der Waals surface area contributed by atoms with Gasteiger partial charge in [-0.05, 0) is 64.3 Å². The molecule has 0 spiro atoms. The lowest BCUT2D eigenvalue weighted by molar-refractivity contribution is 0.624. The third-order valence-electron chi connectivity index (χ3n) is 4.04. The molecule has 3 aromatic rings. The third kappa shape index (κ3) is 2.83. The number of imidazole rings is 1. The second kappa shape index (κ2) is 5.41. The molecule has 1 N–H and O–H groups in total. The van der Waals surface area contributed by atoms with E-state index in [1.165, 1.54) is 22.4 Å². The standard InChI is InChI=1S/C20H25N3/c1-13-9-8-12-16-17(13)21-19(22-20(4,5)6)23(16)18-14(2)10-7-11-15(18)3/h7-12H,1-6H3,(H,21,22). The van der Waals surface area contributed by atoms with Crippen LogP contribution in [0.25, 0.3) is 16.7 Å².